The average molecular weight is 341 g/mol. The number of hydrogen-bond donors (Lipinski definition) is 1. The van der Waals surface area contributed by atoms with Crippen LogP contribution < -0.4 is 14.8 Å². The van der Waals surface area contributed by atoms with Crippen molar-refractivity contribution in [2.45, 2.75) is 56.5 Å². The summed E-state index contributed by atoms with van der Waals surface area (Å²) in [6.07, 6.45) is 3.72. The molecule has 2 rings (SSSR count). The van der Waals surface area contributed by atoms with Crippen molar-refractivity contribution in [3.63, 3.8) is 0 Å². The monoisotopic (exact) mass is 341 g/mol. The second-order valence-corrected chi connectivity index (χ2v) is 8.12. The molecule has 1 unspecified atom stereocenters. The molecule has 0 aromatic heterocycles. The van der Waals surface area contributed by atoms with Gasteiger partial charge in [-0.05, 0) is 24.5 Å². The summed E-state index contributed by atoms with van der Waals surface area (Å²) < 4.78 is 36.5. The minimum atomic E-state index is -3.38. The van der Waals surface area contributed by atoms with Gasteiger partial charge in [-0.15, -0.1) is 0 Å². The van der Waals surface area contributed by atoms with Crippen LogP contribution in [0, 0.1) is 0 Å². The standard InChI is InChI=1S/C17H27NO4S/c1-5-7-8-17(6-2)12-23(19,20)16-10-15(22-4)14(21-3)9-13(16)11-18-17/h9-10,18H,5-8,11-12H2,1-4H3. The second-order valence-electron chi connectivity index (χ2n) is 6.16. The largest absolute Gasteiger partial charge is 0.493 e. The Labute approximate surface area is 139 Å². The van der Waals surface area contributed by atoms with Crippen LogP contribution in [0.4, 0.5) is 0 Å². The van der Waals surface area contributed by atoms with E-state index in [9.17, 15) is 8.42 Å². The van der Waals surface area contributed by atoms with Gasteiger partial charge in [0.2, 0.25) is 0 Å². The van der Waals surface area contributed by atoms with Crippen LogP contribution in [0.1, 0.15) is 45.1 Å². The summed E-state index contributed by atoms with van der Waals surface area (Å²) in [5.41, 5.74) is 0.378. The predicted molar refractivity (Wildman–Crippen MR) is 91.0 cm³/mol. The lowest BCUT2D eigenvalue weighted by molar-refractivity contribution is 0.313. The first-order valence-corrected chi connectivity index (χ1v) is 9.79. The Morgan fingerprint density at radius 1 is 1.17 bits per heavy atom. The molecule has 0 saturated heterocycles. The molecule has 1 heterocycles. The lowest BCUT2D eigenvalue weighted by Gasteiger charge is -2.32. The number of methoxy groups -OCH3 is 2. The van der Waals surface area contributed by atoms with Crippen molar-refractivity contribution >= 4 is 9.84 Å². The quantitative estimate of drug-likeness (QED) is 0.862. The van der Waals surface area contributed by atoms with Crippen LogP contribution >= 0.6 is 0 Å². The van der Waals surface area contributed by atoms with E-state index in [0.717, 1.165) is 31.2 Å². The number of sulfone groups is 1. The van der Waals surface area contributed by atoms with Gasteiger partial charge in [0.15, 0.2) is 21.3 Å². The number of ether oxygens (including phenoxy) is 2. The molecule has 0 radical (unpaired) electrons. The smallest absolute Gasteiger partial charge is 0.180 e. The molecule has 0 spiro atoms. The van der Waals surface area contributed by atoms with Crippen molar-refractivity contribution in [2.24, 2.45) is 0 Å². The van der Waals surface area contributed by atoms with Crippen molar-refractivity contribution in [1.29, 1.82) is 0 Å². The minimum Gasteiger partial charge on any atom is -0.493 e. The second kappa shape index (κ2) is 7.09. The number of rotatable bonds is 6. The zero-order valence-electron chi connectivity index (χ0n) is 14.4. The molecule has 1 aliphatic rings. The Kier molecular flexibility index (Phi) is 5.57. The first-order chi connectivity index (χ1) is 10.9. The molecule has 1 atom stereocenters. The average Bonchev–Trinajstić information content (AvgIpc) is 2.66. The zero-order chi connectivity index (χ0) is 17.1. The maximum Gasteiger partial charge on any atom is 0.180 e. The Balaban J connectivity index is 2.49. The summed E-state index contributed by atoms with van der Waals surface area (Å²) >= 11 is 0. The first-order valence-electron chi connectivity index (χ1n) is 8.14. The predicted octanol–water partition coefficient (Wildman–Crippen LogP) is 2.92. The zero-order valence-corrected chi connectivity index (χ0v) is 15.3. The topological polar surface area (TPSA) is 64.6 Å². The number of unbranched alkanes of at least 4 members (excludes halogenated alkanes) is 1. The SMILES string of the molecule is CCCCC1(CC)CS(=O)(=O)c2cc(OC)c(OC)cc2CN1. The number of hydrogen-bond acceptors (Lipinski definition) is 5. The first kappa shape index (κ1) is 18.1. The van der Waals surface area contributed by atoms with Gasteiger partial charge in [0.25, 0.3) is 0 Å². The highest BCUT2D eigenvalue weighted by Crippen LogP contribution is 2.37. The van der Waals surface area contributed by atoms with Crippen molar-refractivity contribution in [3.8, 4) is 11.5 Å². The summed E-state index contributed by atoms with van der Waals surface area (Å²) in [5.74, 6) is 1.13. The van der Waals surface area contributed by atoms with Crippen LogP contribution in [0.25, 0.3) is 0 Å². The summed E-state index contributed by atoms with van der Waals surface area (Å²) in [6.45, 7) is 4.70. The third kappa shape index (κ3) is 3.63. The van der Waals surface area contributed by atoms with E-state index < -0.39 is 9.84 Å². The highest BCUT2D eigenvalue weighted by atomic mass is 32.2. The molecular formula is C17H27NO4S. The fourth-order valence-corrected chi connectivity index (χ4v) is 5.34. The van der Waals surface area contributed by atoms with Gasteiger partial charge in [-0.2, -0.15) is 0 Å². The van der Waals surface area contributed by atoms with E-state index in [0.29, 0.717) is 22.9 Å². The molecule has 0 bridgehead atoms. The Morgan fingerprint density at radius 2 is 1.83 bits per heavy atom. The molecule has 0 fully saturated rings. The molecule has 130 valence electrons. The minimum absolute atomic E-state index is 0.124. The Bertz CT molecular complexity index is 657. The van der Waals surface area contributed by atoms with Crippen LogP contribution in [0.3, 0.4) is 0 Å². The van der Waals surface area contributed by atoms with Crippen LogP contribution in [-0.2, 0) is 16.4 Å². The van der Waals surface area contributed by atoms with E-state index in [1.54, 1.807) is 19.2 Å². The maximum absolute atomic E-state index is 13.0. The third-order valence-electron chi connectivity index (χ3n) is 4.71. The van der Waals surface area contributed by atoms with Gasteiger partial charge in [-0.3, -0.25) is 0 Å². The Hall–Kier alpha value is -1.27. The summed E-state index contributed by atoms with van der Waals surface area (Å²) in [6, 6.07) is 3.36. The summed E-state index contributed by atoms with van der Waals surface area (Å²) in [5, 5.41) is 3.50. The fraction of sp³-hybridized carbons (Fsp3) is 0.647. The van der Waals surface area contributed by atoms with Crippen LogP contribution in [0.15, 0.2) is 17.0 Å². The van der Waals surface area contributed by atoms with E-state index in [2.05, 4.69) is 19.2 Å². The molecule has 0 aliphatic carbocycles. The van der Waals surface area contributed by atoms with Gasteiger partial charge in [0.1, 0.15) is 0 Å². The molecule has 23 heavy (non-hydrogen) atoms. The van der Waals surface area contributed by atoms with E-state index in [1.807, 2.05) is 0 Å². The van der Waals surface area contributed by atoms with Gasteiger partial charge in [0, 0.05) is 18.2 Å². The molecule has 1 aromatic rings. The molecule has 1 aromatic carbocycles. The summed E-state index contributed by atoms with van der Waals surface area (Å²) in [7, 11) is -0.311. The van der Waals surface area contributed by atoms with E-state index in [-0.39, 0.29) is 11.3 Å². The van der Waals surface area contributed by atoms with Gasteiger partial charge in [-0.1, -0.05) is 26.7 Å². The molecule has 0 saturated carbocycles. The lowest BCUT2D eigenvalue weighted by atomic mass is 9.91. The fourth-order valence-electron chi connectivity index (χ4n) is 3.18. The van der Waals surface area contributed by atoms with Gasteiger partial charge < -0.3 is 14.8 Å². The molecule has 1 aliphatic heterocycles. The summed E-state index contributed by atoms with van der Waals surface area (Å²) in [4.78, 5) is 0.356. The number of nitrogens with one attached hydrogen (secondary N) is 1. The van der Waals surface area contributed by atoms with Gasteiger partial charge in [0.05, 0.1) is 24.9 Å². The van der Waals surface area contributed by atoms with E-state index in [1.165, 1.54) is 7.11 Å². The normalized spacial score (nSPS) is 23.0. The van der Waals surface area contributed by atoms with E-state index >= 15 is 0 Å². The lowest BCUT2D eigenvalue weighted by Crippen LogP contribution is -2.48. The molecule has 6 heteroatoms. The maximum atomic E-state index is 13.0. The van der Waals surface area contributed by atoms with Crippen molar-refractivity contribution in [1.82, 2.24) is 5.32 Å². The van der Waals surface area contributed by atoms with Crippen LogP contribution in [0.5, 0.6) is 11.5 Å². The van der Waals surface area contributed by atoms with Crippen molar-refractivity contribution in [2.75, 3.05) is 20.0 Å². The number of benzene rings is 1. The van der Waals surface area contributed by atoms with Crippen molar-refractivity contribution in [3.05, 3.63) is 17.7 Å². The highest BCUT2D eigenvalue weighted by Gasteiger charge is 2.38. The van der Waals surface area contributed by atoms with E-state index in [4.69, 9.17) is 9.47 Å². The molecule has 5 nitrogen and oxygen atoms in total. The molecule has 0 amide bonds. The Morgan fingerprint density at radius 3 is 2.39 bits per heavy atom. The molecule has 1 N–H and O–H groups in total. The van der Waals surface area contributed by atoms with Crippen LogP contribution in [-0.4, -0.2) is 33.9 Å². The number of fused-ring (bicyclic) bond motifs is 1. The highest BCUT2D eigenvalue weighted by molar-refractivity contribution is 7.91. The van der Waals surface area contributed by atoms with Crippen molar-refractivity contribution < 1.29 is 17.9 Å². The van der Waals surface area contributed by atoms with Gasteiger partial charge in [-0.25, -0.2) is 8.42 Å². The van der Waals surface area contributed by atoms with Crippen LogP contribution in [0.2, 0.25) is 0 Å². The molecular weight excluding hydrogens is 314 g/mol. The van der Waals surface area contributed by atoms with Gasteiger partial charge >= 0.3 is 0 Å². The third-order valence-corrected chi connectivity index (χ3v) is 6.69.